The Bertz CT molecular complexity index is 378. The van der Waals surface area contributed by atoms with Crippen LogP contribution in [0.1, 0.15) is 39.0 Å². The van der Waals surface area contributed by atoms with Crippen LogP contribution in [-0.4, -0.2) is 10.9 Å². The van der Waals surface area contributed by atoms with Gasteiger partial charge in [0.1, 0.15) is 5.82 Å². The summed E-state index contributed by atoms with van der Waals surface area (Å²) in [6, 6.07) is 3.99. The first-order chi connectivity index (χ1) is 6.80. The van der Waals surface area contributed by atoms with Crippen molar-refractivity contribution in [2.24, 2.45) is 0 Å². The van der Waals surface area contributed by atoms with Crippen molar-refractivity contribution in [2.45, 2.75) is 40.0 Å². The van der Waals surface area contributed by atoms with Gasteiger partial charge < -0.3 is 5.32 Å². The predicted molar refractivity (Wildman–Crippen MR) is 62.0 cm³/mol. The predicted octanol–water partition coefficient (Wildman–Crippen LogP) is 2.65. The summed E-state index contributed by atoms with van der Waals surface area (Å²) in [6.07, 6.45) is 0. The third-order valence-electron chi connectivity index (χ3n) is 2.16. The van der Waals surface area contributed by atoms with Gasteiger partial charge in [0.15, 0.2) is 0 Å². The highest BCUT2D eigenvalue weighted by Crippen LogP contribution is 2.23. The minimum absolute atomic E-state index is 0.000912. The van der Waals surface area contributed by atoms with E-state index in [9.17, 15) is 4.79 Å². The number of nitrogens with one attached hydrogen (secondary N) is 1. The molecule has 0 atom stereocenters. The van der Waals surface area contributed by atoms with Crippen molar-refractivity contribution in [1.82, 2.24) is 4.98 Å². The molecule has 0 aliphatic rings. The lowest BCUT2D eigenvalue weighted by Crippen LogP contribution is -2.16. The van der Waals surface area contributed by atoms with E-state index in [-0.39, 0.29) is 11.3 Å². The Balaban J connectivity index is 3.11. The maximum atomic E-state index is 11.0. The van der Waals surface area contributed by atoms with Crippen LogP contribution in [0.25, 0.3) is 0 Å². The van der Waals surface area contributed by atoms with E-state index in [4.69, 9.17) is 0 Å². The van der Waals surface area contributed by atoms with Gasteiger partial charge in [0.05, 0.1) is 0 Å². The number of aromatic nitrogens is 1. The van der Waals surface area contributed by atoms with Crippen LogP contribution in [-0.2, 0) is 10.2 Å². The molecule has 0 aliphatic heterocycles. The Morgan fingerprint density at radius 1 is 1.33 bits per heavy atom. The van der Waals surface area contributed by atoms with Gasteiger partial charge in [0.2, 0.25) is 5.91 Å². The molecule has 3 heteroatoms. The quantitative estimate of drug-likeness (QED) is 0.767. The summed E-state index contributed by atoms with van der Waals surface area (Å²) in [4.78, 5) is 15.4. The second kappa shape index (κ2) is 4.01. The Morgan fingerprint density at radius 2 is 1.93 bits per heavy atom. The van der Waals surface area contributed by atoms with Crippen LogP contribution in [0, 0.1) is 6.92 Å². The van der Waals surface area contributed by atoms with Gasteiger partial charge in [0, 0.05) is 18.0 Å². The van der Waals surface area contributed by atoms with Gasteiger partial charge in [-0.1, -0.05) is 26.8 Å². The summed E-state index contributed by atoms with van der Waals surface area (Å²) < 4.78 is 0. The molecule has 0 saturated heterocycles. The molecule has 15 heavy (non-hydrogen) atoms. The molecule has 1 amide bonds. The van der Waals surface area contributed by atoms with E-state index < -0.39 is 0 Å². The number of aryl methyl sites for hydroxylation is 1. The van der Waals surface area contributed by atoms with Crippen molar-refractivity contribution in [1.29, 1.82) is 0 Å². The Morgan fingerprint density at radius 3 is 2.40 bits per heavy atom. The normalized spacial score (nSPS) is 11.3. The van der Waals surface area contributed by atoms with Gasteiger partial charge in [0.25, 0.3) is 0 Å². The summed E-state index contributed by atoms with van der Waals surface area (Å²) >= 11 is 0. The second-order valence-electron chi connectivity index (χ2n) is 4.79. The zero-order chi connectivity index (χ0) is 11.6. The van der Waals surface area contributed by atoms with Gasteiger partial charge in [-0.3, -0.25) is 4.79 Å². The molecule has 3 nitrogen and oxygen atoms in total. The van der Waals surface area contributed by atoms with Crippen LogP contribution in [0.15, 0.2) is 12.1 Å². The molecule has 1 aromatic heterocycles. The van der Waals surface area contributed by atoms with Crippen LogP contribution >= 0.6 is 0 Å². The molecule has 1 heterocycles. The number of pyridine rings is 1. The van der Waals surface area contributed by atoms with Gasteiger partial charge >= 0.3 is 0 Å². The number of hydrogen-bond donors (Lipinski definition) is 1. The molecule has 82 valence electrons. The van der Waals surface area contributed by atoms with Gasteiger partial charge in [-0.25, -0.2) is 4.98 Å². The molecule has 1 N–H and O–H groups in total. The SMILES string of the molecule is CC(=O)Nc1nc(C(C)(C)C)ccc1C. The summed E-state index contributed by atoms with van der Waals surface area (Å²) in [6.45, 7) is 9.72. The molecular weight excluding hydrogens is 188 g/mol. The number of hydrogen-bond acceptors (Lipinski definition) is 2. The standard InChI is InChI=1S/C12H18N2O/c1-8-6-7-10(12(3,4)5)14-11(8)13-9(2)15/h6-7H,1-5H3,(H,13,14,15). The molecule has 0 spiro atoms. The van der Waals surface area contributed by atoms with E-state index in [1.165, 1.54) is 6.92 Å². The number of anilines is 1. The highest BCUT2D eigenvalue weighted by Gasteiger charge is 2.16. The number of amides is 1. The first-order valence-corrected chi connectivity index (χ1v) is 5.06. The number of nitrogens with zero attached hydrogens (tertiary/aromatic N) is 1. The van der Waals surface area contributed by atoms with Crippen molar-refractivity contribution in [3.05, 3.63) is 23.4 Å². The smallest absolute Gasteiger partial charge is 0.222 e. The molecule has 0 fully saturated rings. The summed E-state index contributed by atoms with van der Waals surface area (Å²) in [7, 11) is 0. The average Bonchev–Trinajstić information content (AvgIpc) is 2.06. The number of carbonyl (C=O) groups is 1. The van der Waals surface area contributed by atoms with Crippen LogP contribution < -0.4 is 5.32 Å². The second-order valence-corrected chi connectivity index (χ2v) is 4.79. The zero-order valence-electron chi connectivity index (χ0n) is 10.0. The van der Waals surface area contributed by atoms with E-state index in [0.29, 0.717) is 5.82 Å². The summed E-state index contributed by atoms with van der Waals surface area (Å²) in [5.41, 5.74) is 1.97. The average molecular weight is 206 g/mol. The molecule has 1 rings (SSSR count). The van der Waals surface area contributed by atoms with E-state index in [1.807, 2.05) is 19.1 Å². The first kappa shape index (κ1) is 11.7. The van der Waals surface area contributed by atoms with Gasteiger partial charge in [-0.2, -0.15) is 0 Å². The van der Waals surface area contributed by atoms with E-state index in [1.54, 1.807) is 0 Å². The maximum Gasteiger partial charge on any atom is 0.222 e. The topological polar surface area (TPSA) is 42.0 Å². The Kier molecular flexibility index (Phi) is 3.12. The van der Waals surface area contributed by atoms with Gasteiger partial charge in [-0.05, 0) is 18.6 Å². The molecule has 0 saturated carbocycles. The van der Waals surface area contributed by atoms with Crippen LogP contribution in [0.5, 0.6) is 0 Å². The lowest BCUT2D eigenvalue weighted by molar-refractivity contribution is -0.114. The Hall–Kier alpha value is -1.38. The number of carbonyl (C=O) groups excluding carboxylic acids is 1. The number of rotatable bonds is 1. The first-order valence-electron chi connectivity index (χ1n) is 5.06. The molecule has 0 unspecified atom stereocenters. The third kappa shape index (κ3) is 3.05. The van der Waals surface area contributed by atoms with Crippen molar-refractivity contribution >= 4 is 11.7 Å². The minimum Gasteiger partial charge on any atom is -0.311 e. The fourth-order valence-electron chi connectivity index (χ4n) is 1.24. The third-order valence-corrected chi connectivity index (χ3v) is 2.16. The van der Waals surface area contributed by atoms with E-state index >= 15 is 0 Å². The summed E-state index contributed by atoms with van der Waals surface area (Å²) in [5.74, 6) is 0.576. The van der Waals surface area contributed by atoms with Gasteiger partial charge in [-0.15, -0.1) is 0 Å². The van der Waals surface area contributed by atoms with Crippen LogP contribution in [0.2, 0.25) is 0 Å². The van der Waals surface area contributed by atoms with Crippen molar-refractivity contribution in [3.63, 3.8) is 0 Å². The van der Waals surface area contributed by atoms with E-state index in [0.717, 1.165) is 11.3 Å². The molecular formula is C12H18N2O. The van der Waals surface area contributed by atoms with Crippen molar-refractivity contribution in [2.75, 3.05) is 5.32 Å². The molecule has 0 radical (unpaired) electrons. The van der Waals surface area contributed by atoms with Crippen molar-refractivity contribution in [3.8, 4) is 0 Å². The molecule has 1 aromatic rings. The monoisotopic (exact) mass is 206 g/mol. The fraction of sp³-hybridized carbons (Fsp3) is 0.500. The maximum absolute atomic E-state index is 11.0. The van der Waals surface area contributed by atoms with Crippen molar-refractivity contribution < 1.29 is 4.79 Å². The van der Waals surface area contributed by atoms with Crippen LogP contribution in [0.4, 0.5) is 5.82 Å². The fourth-order valence-corrected chi connectivity index (χ4v) is 1.24. The molecule has 0 aliphatic carbocycles. The Labute approximate surface area is 90.9 Å². The summed E-state index contributed by atoms with van der Waals surface area (Å²) in [5, 5.41) is 2.74. The highest BCUT2D eigenvalue weighted by atomic mass is 16.1. The lowest BCUT2D eigenvalue weighted by Gasteiger charge is -2.19. The van der Waals surface area contributed by atoms with Crippen LogP contribution in [0.3, 0.4) is 0 Å². The molecule has 0 aromatic carbocycles. The highest BCUT2D eigenvalue weighted by molar-refractivity contribution is 5.88. The zero-order valence-corrected chi connectivity index (χ0v) is 10.0. The lowest BCUT2D eigenvalue weighted by atomic mass is 9.91. The largest absolute Gasteiger partial charge is 0.311 e. The van der Waals surface area contributed by atoms with E-state index in [2.05, 4.69) is 31.1 Å². The minimum atomic E-state index is -0.0864. The molecule has 0 bridgehead atoms.